The molecule has 3 saturated carbocycles. The molecule has 0 amide bonds. The van der Waals surface area contributed by atoms with Gasteiger partial charge in [-0.3, -0.25) is 0 Å². The third-order valence-electron chi connectivity index (χ3n) is 14.0. The predicted octanol–water partition coefficient (Wildman–Crippen LogP) is 9.52. The number of allylic oxidation sites excluding steroid dienone is 1. The van der Waals surface area contributed by atoms with E-state index in [-0.39, 0.29) is 33.4 Å². The van der Waals surface area contributed by atoms with Crippen molar-refractivity contribution in [3.05, 3.63) is 62.9 Å². The van der Waals surface area contributed by atoms with Crippen molar-refractivity contribution in [2.45, 2.75) is 150 Å². The average Bonchev–Trinajstić information content (AvgIpc) is 3.85. The molecule has 0 bridgehead atoms. The Bertz CT molecular complexity index is 1450. The van der Waals surface area contributed by atoms with Crippen LogP contribution >= 0.6 is 0 Å². The number of para-hydroxylation sites is 1. The van der Waals surface area contributed by atoms with Crippen molar-refractivity contribution in [1.82, 2.24) is 0 Å². The standard InChI is InChI=1S/C38H53NO2/c1-22-14-13-15-23(2)32(22)39-29(8)28(7)34(11,33(39,9)10)18-30-20-37(30)26(5)24(3)35(12,40-37)19-31-21-38(31)27(6)25(4)36(41-38)16-17-36/h13-15,30-31H,16-21H2,1-12H3. The van der Waals surface area contributed by atoms with E-state index in [0.29, 0.717) is 11.8 Å². The maximum atomic E-state index is 7.33. The minimum atomic E-state index is -0.193. The SMILES string of the molecule is CC1=C(C)C(C)(CC2CC23OC(C)(CC2CC24OC2(CC2)C(C)=C4C)C(C)=C3C)C(C)(C)N1c1c(C)cccc1C. The van der Waals surface area contributed by atoms with Crippen LogP contribution in [-0.4, -0.2) is 27.9 Å². The first-order chi connectivity index (χ1) is 19.0. The normalized spacial score (nSPS) is 41.7. The first kappa shape index (κ1) is 28.0. The summed E-state index contributed by atoms with van der Waals surface area (Å²) in [6, 6.07) is 6.72. The van der Waals surface area contributed by atoms with E-state index in [9.17, 15) is 0 Å². The van der Waals surface area contributed by atoms with Crippen LogP contribution in [-0.2, 0) is 9.47 Å². The number of benzene rings is 1. The highest BCUT2D eigenvalue weighted by Crippen LogP contribution is 2.71. The molecular formula is C38H53NO2. The number of aryl methyl sites for hydroxylation is 2. The first-order valence-electron chi connectivity index (χ1n) is 16.3. The van der Waals surface area contributed by atoms with Crippen LogP contribution in [0.1, 0.15) is 119 Å². The molecule has 222 valence electrons. The smallest absolute Gasteiger partial charge is 0.0938 e. The highest BCUT2D eigenvalue weighted by atomic mass is 16.5. The lowest BCUT2D eigenvalue weighted by molar-refractivity contribution is -0.0604. The molecule has 0 radical (unpaired) electrons. The van der Waals surface area contributed by atoms with Crippen LogP contribution in [0.15, 0.2) is 51.8 Å². The van der Waals surface area contributed by atoms with E-state index in [1.54, 1.807) is 0 Å². The summed E-state index contributed by atoms with van der Waals surface area (Å²) >= 11 is 0. The van der Waals surface area contributed by atoms with Gasteiger partial charge in [0.25, 0.3) is 0 Å². The van der Waals surface area contributed by atoms with Gasteiger partial charge in [0.15, 0.2) is 0 Å². The number of ether oxygens (including phenoxy) is 2. The van der Waals surface area contributed by atoms with Crippen molar-refractivity contribution in [3.8, 4) is 0 Å². The van der Waals surface area contributed by atoms with Crippen molar-refractivity contribution in [2.24, 2.45) is 17.3 Å². The van der Waals surface area contributed by atoms with Crippen molar-refractivity contribution in [3.63, 3.8) is 0 Å². The molecule has 6 aliphatic rings. The highest BCUT2D eigenvalue weighted by molar-refractivity contribution is 5.68. The van der Waals surface area contributed by atoms with E-state index in [1.807, 2.05) is 0 Å². The number of hydrogen-bond donors (Lipinski definition) is 0. The summed E-state index contributed by atoms with van der Waals surface area (Å²) in [5.74, 6) is 1.13. The maximum Gasteiger partial charge on any atom is 0.0938 e. The minimum absolute atomic E-state index is 0.00220. The Labute approximate surface area is 249 Å². The molecule has 3 spiro atoms. The Morgan fingerprint density at radius 2 is 1.22 bits per heavy atom. The van der Waals surface area contributed by atoms with Crippen LogP contribution in [0.5, 0.6) is 0 Å². The van der Waals surface area contributed by atoms with E-state index in [1.165, 1.54) is 69.6 Å². The quantitative estimate of drug-likeness (QED) is 0.338. The highest BCUT2D eigenvalue weighted by Gasteiger charge is 2.72. The summed E-state index contributed by atoms with van der Waals surface area (Å²) in [6.45, 7) is 28.5. The second-order valence-electron chi connectivity index (χ2n) is 16.1. The van der Waals surface area contributed by atoms with E-state index >= 15 is 0 Å². The molecule has 3 aliphatic carbocycles. The summed E-state index contributed by atoms with van der Waals surface area (Å²) in [7, 11) is 0. The third-order valence-corrected chi connectivity index (χ3v) is 14.0. The summed E-state index contributed by atoms with van der Waals surface area (Å²) < 4.78 is 14.2. The largest absolute Gasteiger partial charge is 0.360 e. The van der Waals surface area contributed by atoms with Gasteiger partial charge in [0.05, 0.1) is 22.4 Å². The Hall–Kier alpha value is -1.84. The molecule has 7 rings (SSSR count). The molecule has 0 saturated heterocycles. The van der Waals surface area contributed by atoms with E-state index in [4.69, 9.17) is 9.47 Å². The van der Waals surface area contributed by atoms with Crippen molar-refractivity contribution in [1.29, 1.82) is 0 Å². The van der Waals surface area contributed by atoms with Crippen LogP contribution in [0.2, 0.25) is 0 Å². The van der Waals surface area contributed by atoms with Crippen LogP contribution in [0.4, 0.5) is 5.69 Å². The summed E-state index contributed by atoms with van der Waals surface area (Å²) in [6.07, 6.45) is 6.98. The maximum absolute atomic E-state index is 7.33. The average molecular weight is 556 g/mol. The van der Waals surface area contributed by atoms with E-state index in [2.05, 4.69) is 106 Å². The lowest BCUT2D eigenvalue weighted by Crippen LogP contribution is -2.50. The zero-order valence-corrected chi connectivity index (χ0v) is 27.9. The van der Waals surface area contributed by atoms with Crippen LogP contribution in [0.3, 0.4) is 0 Å². The molecule has 0 aromatic heterocycles. The van der Waals surface area contributed by atoms with Gasteiger partial charge < -0.3 is 14.4 Å². The van der Waals surface area contributed by atoms with Gasteiger partial charge in [0, 0.05) is 22.3 Å². The van der Waals surface area contributed by atoms with Gasteiger partial charge in [-0.2, -0.15) is 0 Å². The second-order valence-corrected chi connectivity index (χ2v) is 16.1. The third kappa shape index (κ3) is 3.34. The predicted molar refractivity (Wildman–Crippen MR) is 169 cm³/mol. The summed E-state index contributed by atoms with van der Waals surface area (Å²) in [5, 5.41) is 0. The zero-order chi connectivity index (χ0) is 29.7. The lowest BCUT2D eigenvalue weighted by Gasteiger charge is -2.47. The number of nitrogens with zero attached hydrogens (tertiary/aromatic N) is 1. The molecule has 1 aromatic rings. The molecule has 6 atom stereocenters. The molecule has 3 heterocycles. The molecule has 3 fully saturated rings. The van der Waals surface area contributed by atoms with Gasteiger partial charge in [-0.15, -0.1) is 0 Å². The van der Waals surface area contributed by atoms with Crippen molar-refractivity contribution >= 4 is 5.69 Å². The van der Waals surface area contributed by atoms with Crippen LogP contribution in [0, 0.1) is 31.1 Å². The van der Waals surface area contributed by atoms with Gasteiger partial charge >= 0.3 is 0 Å². The van der Waals surface area contributed by atoms with Crippen LogP contribution < -0.4 is 4.90 Å². The Kier molecular flexibility index (Phi) is 5.46. The van der Waals surface area contributed by atoms with Gasteiger partial charge in [-0.1, -0.05) is 25.1 Å². The lowest BCUT2D eigenvalue weighted by atomic mass is 9.66. The Morgan fingerprint density at radius 1 is 0.683 bits per heavy atom. The van der Waals surface area contributed by atoms with E-state index < -0.39 is 0 Å². The van der Waals surface area contributed by atoms with Crippen molar-refractivity contribution < 1.29 is 9.47 Å². The molecule has 3 nitrogen and oxygen atoms in total. The van der Waals surface area contributed by atoms with Gasteiger partial charge in [0.1, 0.15) is 0 Å². The summed E-state index contributed by atoms with van der Waals surface area (Å²) in [5.41, 5.74) is 13.0. The molecule has 41 heavy (non-hydrogen) atoms. The first-order valence-corrected chi connectivity index (χ1v) is 16.3. The fourth-order valence-corrected chi connectivity index (χ4v) is 10.1. The topological polar surface area (TPSA) is 21.7 Å². The van der Waals surface area contributed by atoms with Gasteiger partial charge in [-0.05, 0) is 166 Å². The fraction of sp³-hybridized carbons (Fsp3) is 0.684. The molecular weight excluding hydrogens is 502 g/mol. The van der Waals surface area contributed by atoms with Gasteiger partial charge in [-0.25, -0.2) is 0 Å². The van der Waals surface area contributed by atoms with E-state index in [0.717, 1.165) is 19.3 Å². The summed E-state index contributed by atoms with van der Waals surface area (Å²) in [4.78, 5) is 2.66. The van der Waals surface area contributed by atoms with Gasteiger partial charge in [0.2, 0.25) is 0 Å². The monoisotopic (exact) mass is 555 g/mol. The van der Waals surface area contributed by atoms with Crippen LogP contribution in [0.25, 0.3) is 0 Å². The molecule has 3 heteroatoms. The molecule has 3 aliphatic heterocycles. The van der Waals surface area contributed by atoms with Crippen molar-refractivity contribution in [2.75, 3.05) is 4.90 Å². The molecule has 6 unspecified atom stereocenters. The number of rotatable bonds is 5. The number of hydrogen-bond acceptors (Lipinski definition) is 3. The second kappa shape index (κ2) is 8.00. The molecule has 0 N–H and O–H groups in total. The fourth-order valence-electron chi connectivity index (χ4n) is 10.1. The Balaban J connectivity index is 1.12. The Morgan fingerprint density at radius 3 is 1.78 bits per heavy atom. The number of anilines is 1. The molecule has 1 aromatic carbocycles. The minimum Gasteiger partial charge on any atom is -0.360 e. The zero-order valence-electron chi connectivity index (χ0n) is 27.9.